The molecular formula is C16H23FN4O. The summed E-state index contributed by atoms with van der Waals surface area (Å²) in [5.74, 6) is 1.36. The molecule has 2 heterocycles. The van der Waals surface area contributed by atoms with Crippen molar-refractivity contribution in [1.82, 2.24) is 14.9 Å². The summed E-state index contributed by atoms with van der Waals surface area (Å²) in [7, 11) is 0. The average molecular weight is 306 g/mol. The zero-order valence-corrected chi connectivity index (χ0v) is 13.2. The van der Waals surface area contributed by atoms with Crippen molar-refractivity contribution in [2.24, 2.45) is 11.8 Å². The van der Waals surface area contributed by atoms with Crippen LogP contribution in [0.1, 0.15) is 31.7 Å². The van der Waals surface area contributed by atoms with Gasteiger partial charge in [-0.2, -0.15) is 0 Å². The predicted molar refractivity (Wildman–Crippen MR) is 82.2 cm³/mol. The number of carbonyl (C=O) groups is 1. The van der Waals surface area contributed by atoms with Gasteiger partial charge >= 0.3 is 0 Å². The van der Waals surface area contributed by atoms with Gasteiger partial charge in [0.25, 0.3) is 0 Å². The molecule has 22 heavy (non-hydrogen) atoms. The molecule has 1 amide bonds. The smallest absolute Gasteiger partial charge is 0.225 e. The number of anilines is 1. The summed E-state index contributed by atoms with van der Waals surface area (Å²) in [6, 6.07) is 0. The minimum absolute atomic E-state index is 0.186. The maximum Gasteiger partial charge on any atom is 0.225 e. The van der Waals surface area contributed by atoms with Crippen molar-refractivity contribution in [2.45, 2.75) is 38.8 Å². The molecule has 2 fully saturated rings. The number of alkyl halides is 1. The third-order valence-corrected chi connectivity index (χ3v) is 4.74. The Labute approximate surface area is 130 Å². The van der Waals surface area contributed by atoms with Gasteiger partial charge in [-0.3, -0.25) is 4.79 Å². The van der Waals surface area contributed by atoms with Gasteiger partial charge in [0, 0.05) is 44.2 Å². The van der Waals surface area contributed by atoms with Crippen LogP contribution in [0.15, 0.2) is 12.4 Å². The van der Waals surface area contributed by atoms with Crippen LogP contribution in [0.2, 0.25) is 0 Å². The minimum Gasteiger partial charge on any atom is -0.351 e. The molecule has 0 aromatic carbocycles. The topological polar surface area (TPSA) is 58.1 Å². The van der Waals surface area contributed by atoms with Crippen LogP contribution < -0.4 is 5.32 Å². The van der Waals surface area contributed by atoms with E-state index in [-0.39, 0.29) is 18.4 Å². The summed E-state index contributed by atoms with van der Waals surface area (Å²) in [6.45, 7) is 5.22. The van der Waals surface area contributed by atoms with Crippen LogP contribution in [0, 0.1) is 18.8 Å². The maximum atomic E-state index is 14.8. The highest BCUT2D eigenvalue weighted by molar-refractivity contribution is 5.81. The first kappa shape index (κ1) is 15.2. The SMILES string of the molecule is Cc1cnc(NCC2(F)CCN(C(=O)[C@H]3C[C@@H]3C)CC2)nc1. The van der Waals surface area contributed by atoms with Gasteiger partial charge in [-0.1, -0.05) is 6.92 Å². The lowest BCUT2D eigenvalue weighted by Crippen LogP contribution is -2.48. The number of hydrogen-bond acceptors (Lipinski definition) is 4. The van der Waals surface area contributed by atoms with E-state index in [1.807, 2.05) is 11.8 Å². The van der Waals surface area contributed by atoms with Crippen molar-refractivity contribution in [3.05, 3.63) is 18.0 Å². The van der Waals surface area contributed by atoms with Crippen molar-refractivity contribution >= 4 is 11.9 Å². The van der Waals surface area contributed by atoms with Crippen LogP contribution in [0.4, 0.5) is 10.3 Å². The number of hydrogen-bond donors (Lipinski definition) is 1. The van der Waals surface area contributed by atoms with Crippen molar-refractivity contribution in [2.75, 3.05) is 25.0 Å². The fourth-order valence-corrected chi connectivity index (χ4v) is 2.93. The van der Waals surface area contributed by atoms with Gasteiger partial charge in [-0.25, -0.2) is 14.4 Å². The second kappa shape index (κ2) is 5.82. The summed E-state index contributed by atoms with van der Waals surface area (Å²) in [4.78, 5) is 22.2. The highest BCUT2D eigenvalue weighted by Crippen LogP contribution is 2.40. The molecule has 3 rings (SSSR count). The van der Waals surface area contributed by atoms with Crippen molar-refractivity contribution in [1.29, 1.82) is 0 Å². The third-order valence-electron chi connectivity index (χ3n) is 4.74. The summed E-state index contributed by atoms with van der Waals surface area (Å²) < 4.78 is 14.8. The Morgan fingerprint density at radius 3 is 2.55 bits per heavy atom. The molecule has 1 saturated carbocycles. The first-order chi connectivity index (χ1) is 10.5. The van der Waals surface area contributed by atoms with Gasteiger partial charge in [0.1, 0.15) is 5.67 Å². The molecule has 0 bridgehead atoms. The Kier molecular flexibility index (Phi) is 4.02. The molecule has 1 N–H and O–H groups in total. The first-order valence-corrected chi connectivity index (χ1v) is 7.97. The highest BCUT2D eigenvalue weighted by atomic mass is 19.1. The van der Waals surface area contributed by atoms with E-state index in [1.54, 1.807) is 12.4 Å². The molecule has 1 aliphatic heterocycles. The number of carbonyl (C=O) groups excluding carboxylic acids is 1. The van der Waals surface area contributed by atoms with E-state index in [1.165, 1.54) is 0 Å². The van der Waals surface area contributed by atoms with Crippen molar-refractivity contribution in [3.8, 4) is 0 Å². The number of likely N-dealkylation sites (tertiary alicyclic amines) is 1. The van der Waals surface area contributed by atoms with Crippen LogP contribution in [-0.2, 0) is 4.79 Å². The molecule has 2 atom stereocenters. The zero-order chi connectivity index (χ0) is 15.7. The minimum atomic E-state index is -1.29. The molecule has 6 heteroatoms. The van der Waals surface area contributed by atoms with Gasteiger partial charge < -0.3 is 10.2 Å². The second-order valence-electron chi connectivity index (χ2n) is 6.73. The van der Waals surface area contributed by atoms with Gasteiger partial charge in [0.05, 0.1) is 6.54 Å². The maximum absolute atomic E-state index is 14.8. The molecule has 1 aliphatic carbocycles. The van der Waals surface area contributed by atoms with E-state index < -0.39 is 5.67 Å². The molecule has 1 aromatic heterocycles. The monoisotopic (exact) mass is 306 g/mol. The summed E-state index contributed by atoms with van der Waals surface area (Å²) >= 11 is 0. The summed E-state index contributed by atoms with van der Waals surface area (Å²) in [6.07, 6.45) is 5.15. The van der Waals surface area contributed by atoms with E-state index in [2.05, 4.69) is 22.2 Å². The van der Waals surface area contributed by atoms with Gasteiger partial charge in [-0.05, 0) is 24.8 Å². The lowest BCUT2D eigenvalue weighted by molar-refractivity contribution is -0.135. The van der Waals surface area contributed by atoms with Crippen LogP contribution >= 0.6 is 0 Å². The lowest BCUT2D eigenvalue weighted by Gasteiger charge is -2.36. The number of amides is 1. The zero-order valence-electron chi connectivity index (χ0n) is 13.2. The van der Waals surface area contributed by atoms with E-state index in [9.17, 15) is 9.18 Å². The number of aryl methyl sites for hydroxylation is 1. The largest absolute Gasteiger partial charge is 0.351 e. The molecule has 0 spiro atoms. The molecule has 2 aliphatic rings. The van der Waals surface area contributed by atoms with Crippen LogP contribution in [0.5, 0.6) is 0 Å². The number of nitrogens with zero attached hydrogens (tertiary/aromatic N) is 3. The Morgan fingerprint density at radius 2 is 2.00 bits per heavy atom. The van der Waals surface area contributed by atoms with Gasteiger partial charge in [-0.15, -0.1) is 0 Å². The highest BCUT2D eigenvalue weighted by Gasteiger charge is 2.44. The Hall–Kier alpha value is -1.72. The molecule has 0 unspecified atom stereocenters. The second-order valence-corrected chi connectivity index (χ2v) is 6.73. The van der Waals surface area contributed by atoms with E-state index in [4.69, 9.17) is 0 Å². The molecule has 1 saturated heterocycles. The third kappa shape index (κ3) is 3.36. The number of rotatable bonds is 4. The Morgan fingerprint density at radius 1 is 1.41 bits per heavy atom. The predicted octanol–water partition coefficient (Wildman–Crippen LogP) is 2.18. The van der Waals surface area contributed by atoms with Gasteiger partial charge in [0.2, 0.25) is 11.9 Å². The quantitative estimate of drug-likeness (QED) is 0.926. The molecule has 1 aromatic rings. The molecule has 0 radical (unpaired) electrons. The Balaban J connectivity index is 1.48. The summed E-state index contributed by atoms with van der Waals surface area (Å²) in [5.41, 5.74) is -0.318. The fourth-order valence-electron chi connectivity index (χ4n) is 2.93. The lowest BCUT2D eigenvalue weighted by atomic mass is 9.93. The van der Waals surface area contributed by atoms with Crippen LogP contribution in [-0.4, -0.2) is 46.1 Å². The molecule has 5 nitrogen and oxygen atoms in total. The average Bonchev–Trinajstić information content (AvgIpc) is 3.24. The van der Waals surface area contributed by atoms with Gasteiger partial charge in [0.15, 0.2) is 0 Å². The van der Waals surface area contributed by atoms with Crippen LogP contribution in [0.3, 0.4) is 0 Å². The number of aromatic nitrogens is 2. The Bertz CT molecular complexity index is 540. The van der Waals surface area contributed by atoms with Crippen LogP contribution in [0.25, 0.3) is 0 Å². The van der Waals surface area contributed by atoms with E-state index in [0.717, 1.165) is 12.0 Å². The normalized spacial score (nSPS) is 26.6. The van der Waals surface area contributed by atoms with Crippen molar-refractivity contribution < 1.29 is 9.18 Å². The standard InChI is InChI=1S/C16H23FN4O/c1-11-8-18-15(19-9-11)20-10-16(17)3-5-21(6-4-16)14(22)13-7-12(13)2/h8-9,12-13H,3-7,10H2,1-2H3,(H,18,19,20)/t12-,13-/m0/s1. The number of halogens is 1. The fraction of sp³-hybridized carbons (Fsp3) is 0.688. The van der Waals surface area contributed by atoms with E-state index in [0.29, 0.717) is 37.8 Å². The summed E-state index contributed by atoms with van der Waals surface area (Å²) in [5, 5.41) is 2.97. The first-order valence-electron chi connectivity index (χ1n) is 7.97. The van der Waals surface area contributed by atoms with Crippen molar-refractivity contribution in [3.63, 3.8) is 0 Å². The molecular weight excluding hydrogens is 283 g/mol. The van der Waals surface area contributed by atoms with E-state index >= 15 is 0 Å². The number of nitrogens with one attached hydrogen (secondary N) is 1. The molecule has 120 valence electrons. The number of piperidine rings is 1.